The van der Waals surface area contributed by atoms with Crippen LogP contribution < -0.4 is 5.32 Å². The SMILES string of the molecule is CCC(CNC(=O)c1ccc(C(C)=O)cc1)(C(=O)O)c1ccccc1. The van der Waals surface area contributed by atoms with E-state index in [1.165, 1.54) is 6.92 Å². The first-order valence-corrected chi connectivity index (χ1v) is 8.09. The number of carbonyl (C=O) groups excluding carboxylic acids is 2. The summed E-state index contributed by atoms with van der Waals surface area (Å²) in [5.74, 6) is -1.43. The largest absolute Gasteiger partial charge is 0.481 e. The molecule has 0 aliphatic heterocycles. The molecule has 0 heterocycles. The van der Waals surface area contributed by atoms with Gasteiger partial charge in [0.2, 0.25) is 0 Å². The third-order valence-corrected chi connectivity index (χ3v) is 4.44. The van der Waals surface area contributed by atoms with Crippen molar-refractivity contribution in [1.29, 1.82) is 0 Å². The quantitative estimate of drug-likeness (QED) is 0.760. The van der Waals surface area contributed by atoms with Crippen LogP contribution in [-0.4, -0.2) is 29.3 Å². The smallest absolute Gasteiger partial charge is 0.315 e. The van der Waals surface area contributed by atoms with Gasteiger partial charge in [0.05, 0.1) is 0 Å². The number of carbonyl (C=O) groups is 3. The number of hydrogen-bond acceptors (Lipinski definition) is 3. The molecule has 1 atom stereocenters. The predicted octanol–water partition coefficient (Wildman–Crippen LogP) is 3.05. The van der Waals surface area contributed by atoms with Crippen molar-refractivity contribution in [2.45, 2.75) is 25.7 Å². The van der Waals surface area contributed by atoms with E-state index < -0.39 is 11.4 Å². The summed E-state index contributed by atoms with van der Waals surface area (Å²) < 4.78 is 0. The van der Waals surface area contributed by atoms with Gasteiger partial charge in [0.25, 0.3) is 5.91 Å². The lowest BCUT2D eigenvalue weighted by Gasteiger charge is -2.29. The second kappa shape index (κ2) is 7.75. The van der Waals surface area contributed by atoms with Crippen molar-refractivity contribution in [2.24, 2.45) is 0 Å². The van der Waals surface area contributed by atoms with E-state index in [1.54, 1.807) is 55.5 Å². The lowest BCUT2D eigenvalue weighted by molar-refractivity contribution is -0.143. The van der Waals surface area contributed by atoms with Crippen molar-refractivity contribution in [2.75, 3.05) is 6.54 Å². The topological polar surface area (TPSA) is 83.5 Å². The molecule has 0 aliphatic carbocycles. The maximum atomic E-state index is 12.4. The molecule has 0 spiro atoms. The van der Waals surface area contributed by atoms with Crippen LogP contribution in [-0.2, 0) is 10.2 Å². The highest BCUT2D eigenvalue weighted by Crippen LogP contribution is 2.28. The minimum atomic E-state index is -1.18. The molecule has 0 aromatic heterocycles. The number of aliphatic carboxylic acids is 1. The first-order valence-electron chi connectivity index (χ1n) is 8.09. The van der Waals surface area contributed by atoms with Crippen LogP contribution in [0.1, 0.15) is 46.5 Å². The Kier molecular flexibility index (Phi) is 5.70. The lowest BCUT2D eigenvalue weighted by Crippen LogP contribution is -2.46. The minimum Gasteiger partial charge on any atom is -0.481 e. The second-order valence-electron chi connectivity index (χ2n) is 5.92. The van der Waals surface area contributed by atoms with Gasteiger partial charge in [0.1, 0.15) is 5.41 Å². The summed E-state index contributed by atoms with van der Waals surface area (Å²) in [6, 6.07) is 15.2. The summed E-state index contributed by atoms with van der Waals surface area (Å²) in [4.78, 5) is 35.6. The highest BCUT2D eigenvalue weighted by molar-refractivity contribution is 5.98. The normalized spacial score (nSPS) is 12.9. The number of carboxylic acids is 1. The van der Waals surface area contributed by atoms with E-state index in [9.17, 15) is 19.5 Å². The van der Waals surface area contributed by atoms with Gasteiger partial charge in [-0.25, -0.2) is 0 Å². The summed E-state index contributed by atoms with van der Waals surface area (Å²) in [6.07, 6.45) is 0.343. The fourth-order valence-corrected chi connectivity index (χ4v) is 2.73. The van der Waals surface area contributed by atoms with E-state index in [0.717, 1.165) is 0 Å². The Balaban J connectivity index is 2.19. The molecule has 0 radical (unpaired) electrons. The van der Waals surface area contributed by atoms with Crippen LogP contribution in [0.4, 0.5) is 0 Å². The van der Waals surface area contributed by atoms with Crippen LogP contribution in [0.3, 0.4) is 0 Å². The molecule has 0 bridgehead atoms. The molecular formula is C20H21NO4. The molecule has 0 saturated heterocycles. The Labute approximate surface area is 146 Å². The maximum absolute atomic E-state index is 12.4. The number of Topliss-reactive ketones (excluding diaryl/α,β-unsaturated/α-hetero) is 1. The van der Waals surface area contributed by atoms with Crippen LogP contribution in [0.25, 0.3) is 0 Å². The molecular weight excluding hydrogens is 318 g/mol. The number of ketones is 1. The van der Waals surface area contributed by atoms with Gasteiger partial charge in [0.15, 0.2) is 5.78 Å². The van der Waals surface area contributed by atoms with Gasteiger partial charge >= 0.3 is 5.97 Å². The van der Waals surface area contributed by atoms with Gasteiger partial charge in [-0.15, -0.1) is 0 Å². The maximum Gasteiger partial charge on any atom is 0.315 e. The van der Waals surface area contributed by atoms with Crippen LogP contribution in [0.5, 0.6) is 0 Å². The van der Waals surface area contributed by atoms with Gasteiger partial charge in [0, 0.05) is 17.7 Å². The van der Waals surface area contributed by atoms with Crippen LogP contribution in [0, 0.1) is 0 Å². The van der Waals surface area contributed by atoms with Crippen molar-refractivity contribution in [3.05, 3.63) is 71.3 Å². The highest BCUT2D eigenvalue weighted by Gasteiger charge is 2.39. The first kappa shape index (κ1) is 18.4. The van der Waals surface area contributed by atoms with E-state index in [-0.39, 0.29) is 18.2 Å². The Morgan fingerprint density at radius 2 is 1.52 bits per heavy atom. The zero-order valence-electron chi connectivity index (χ0n) is 14.3. The Hall–Kier alpha value is -2.95. The van der Waals surface area contributed by atoms with Gasteiger partial charge in [-0.2, -0.15) is 0 Å². The molecule has 130 valence electrons. The van der Waals surface area contributed by atoms with Crippen molar-refractivity contribution in [1.82, 2.24) is 5.32 Å². The van der Waals surface area contributed by atoms with E-state index in [2.05, 4.69) is 5.32 Å². The number of hydrogen-bond donors (Lipinski definition) is 2. The number of benzene rings is 2. The summed E-state index contributed by atoms with van der Waals surface area (Å²) in [5.41, 5.74) is 0.371. The molecule has 0 saturated carbocycles. The van der Waals surface area contributed by atoms with Crippen LogP contribution in [0.2, 0.25) is 0 Å². The summed E-state index contributed by atoms with van der Waals surface area (Å²) in [6.45, 7) is 3.22. The van der Waals surface area contributed by atoms with Gasteiger partial charge in [-0.3, -0.25) is 14.4 Å². The van der Waals surface area contributed by atoms with Crippen LogP contribution in [0.15, 0.2) is 54.6 Å². The Bertz CT molecular complexity index is 768. The van der Waals surface area contributed by atoms with Crippen LogP contribution >= 0.6 is 0 Å². The van der Waals surface area contributed by atoms with Crippen molar-refractivity contribution < 1.29 is 19.5 Å². The van der Waals surface area contributed by atoms with Crippen molar-refractivity contribution >= 4 is 17.7 Å². The van der Waals surface area contributed by atoms with E-state index in [1.807, 2.05) is 6.07 Å². The zero-order chi connectivity index (χ0) is 18.4. The number of rotatable bonds is 7. The van der Waals surface area contributed by atoms with E-state index in [4.69, 9.17) is 0 Å². The van der Waals surface area contributed by atoms with Crippen molar-refractivity contribution in [3.63, 3.8) is 0 Å². The standard InChI is InChI=1S/C20H21NO4/c1-3-20(19(24)25,17-7-5-4-6-8-17)13-21-18(23)16-11-9-15(10-12-16)14(2)22/h4-12H,3,13H2,1-2H3,(H,21,23)(H,24,25). The molecule has 2 aromatic rings. The van der Waals surface area contributed by atoms with Gasteiger partial charge in [-0.1, -0.05) is 49.4 Å². The fraction of sp³-hybridized carbons (Fsp3) is 0.250. The molecule has 2 aromatic carbocycles. The summed E-state index contributed by atoms with van der Waals surface area (Å²) in [7, 11) is 0. The van der Waals surface area contributed by atoms with E-state index >= 15 is 0 Å². The van der Waals surface area contributed by atoms with Crippen molar-refractivity contribution in [3.8, 4) is 0 Å². The third kappa shape index (κ3) is 3.94. The zero-order valence-corrected chi connectivity index (χ0v) is 14.3. The molecule has 1 unspecified atom stereocenters. The Morgan fingerprint density at radius 3 is 2.00 bits per heavy atom. The van der Waals surface area contributed by atoms with Gasteiger partial charge in [-0.05, 0) is 31.0 Å². The second-order valence-corrected chi connectivity index (χ2v) is 5.92. The van der Waals surface area contributed by atoms with E-state index in [0.29, 0.717) is 23.1 Å². The van der Waals surface area contributed by atoms with Gasteiger partial charge < -0.3 is 10.4 Å². The highest BCUT2D eigenvalue weighted by atomic mass is 16.4. The first-order chi connectivity index (χ1) is 11.9. The average Bonchev–Trinajstić information content (AvgIpc) is 2.63. The fourth-order valence-electron chi connectivity index (χ4n) is 2.73. The molecule has 5 nitrogen and oxygen atoms in total. The monoisotopic (exact) mass is 339 g/mol. The molecule has 5 heteroatoms. The molecule has 25 heavy (non-hydrogen) atoms. The number of nitrogens with one attached hydrogen (secondary N) is 1. The average molecular weight is 339 g/mol. The number of amides is 1. The molecule has 0 aliphatic rings. The molecule has 2 rings (SSSR count). The third-order valence-electron chi connectivity index (χ3n) is 4.44. The summed E-state index contributed by atoms with van der Waals surface area (Å²) in [5, 5.41) is 12.5. The molecule has 2 N–H and O–H groups in total. The summed E-state index contributed by atoms with van der Waals surface area (Å²) >= 11 is 0. The Morgan fingerprint density at radius 1 is 0.960 bits per heavy atom. The molecule has 0 fully saturated rings. The minimum absolute atomic E-state index is 0.0177. The lowest BCUT2D eigenvalue weighted by atomic mass is 9.78. The predicted molar refractivity (Wildman–Crippen MR) is 94.8 cm³/mol. The molecule has 1 amide bonds. The number of carboxylic acid groups (broad SMARTS) is 1.